The van der Waals surface area contributed by atoms with Gasteiger partial charge in [0.05, 0.1) is 12.3 Å². The van der Waals surface area contributed by atoms with Crippen LogP contribution in [0.2, 0.25) is 5.02 Å². The van der Waals surface area contributed by atoms with E-state index in [1.807, 2.05) is 24.3 Å². The topological polar surface area (TPSA) is 101 Å². The maximum atomic E-state index is 11.4. The number of rotatable bonds is 10. The summed E-state index contributed by atoms with van der Waals surface area (Å²) >= 11 is 6.78. The first kappa shape index (κ1) is 24.3. The molecule has 7 nitrogen and oxygen atoms in total. The number of hydroxylamine groups is 1. The number of aryl methyl sites for hydroxylation is 1. The summed E-state index contributed by atoms with van der Waals surface area (Å²) in [6.45, 7) is 5.30. The standard InChI is InChI=1S/C12H18ClNO.C9H10N2O3S/c1-2-3-4-9-15-14-10-11-5-7-12(13)8-6-11;1-4-6(8(13)14)15-9(10-4)11-7(12)5-2-3-5/h5-8,14H,2-4,9-10H2,1H3;5H,2-3H2,1H3,(H,13,14)(H,10,11,12). The van der Waals surface area contributed by atoms with Crippen molar-refractivity contribution in [2.45, 2.75) is 52.5 Å². The van der Waals surface area contributed by atoms with Gasteiger partial charge in [0.15, 0.2) is 5.13 Å². The highest BCUT2D eigenvalue weighted by molar-refractivity contribution is 7.17. The lowest BCUT2D eigenvalue weighted by Crippen LogP contribution is -2.14. The second kappa shape index (κ2) is 12.6. The highest BCUT2D eigenvalue weighted by atomic mass is 35.5. The van der Waals surface area contributed by atoms with Crippen LogP contribution in [0.1, 0.15) is 60.0 Å². The van der Waals surface area contributed by atoms with E-state index in [9.17, 15) is 9.59 Å². The van der Waals surface area contributed by atoms with Gasteiger partial charge in [-0.05, 0) is 43.9 Å². The number of amides is 1. The first-order valence-corrected chi connectivity index (χ1v) is 11.2. The first-order chi connectivity index (χ1) is 14.4. The van der Waals surface area contributed by atoms with Gasteiger partial charge in [-0.25, -0.2) is 9.78 Å². The number of anilines is 1. The lowest BCUT2D eigenvalue weighted by atomic mass is 10.2. The minimum atomic E-state index is -1.00. The zero-order chi connectivity index (χ0) is 21.9. The average Bonchev–Trinajstić information content (AvgIpc) is 3.50. The molecule has 1 aromatic heterocycles. The van der Waals surface area contributed by atoms with Crippen LogP contribution in [0.15, 0.2) is 24.3 Å². The fourth-order valence-electron chi connectivity index (χ4n) is 2.43. The number of carboxylic acids is 1. The van der Waals surface area contributed by atoms with Crippen LogP contribution in [-0.4, -0.2) is 28.6 Å². The van der Waals surface area contributed by atoms with Crippen molar-refractivity contribution in [2.24, 2.45) is 5.92 Å². The van der Waals surface area contributed by atoms with Crippen molar-refractivity contribution in [3.8, 4) is 0 Å². The minimum Gasteiger partial charge on any atom is -0.477 e. The molecule has 1 saturated carbocycles. The molecule has 1 fully saturated rings. The smallest absolute Gasteiger partial charge is 0.347 e. The van der Waals surface area contributed by atoms with Crippen molar-refractivity contribution >= 4 is 39.9 Å². The summed E-state index contributed by atoms with van der Waals surface area (Å²) in [6.07, 6.45) is 5.40. The Morgan fingerprint density at radius 3 is 2.53 bits per heavy atom. The average molecular weight is 454 g/mol. The van der Waals surface area contributed by atoms with Crippen LogP contribution in [0, 0.1) is 12.8 Å². The van der Waals surface area contributed by atoms with E-state index in [4.69, 9.17) is 21.5 Å². The number of hydrogen-bond donors (Lipinski definition) is 3. The predicted molar refractivity (Wildman–Crippen MR) is 119 cm³/mol. The first-order valence-electron chi connectivity index (χ1n) is 10.0. The third kappa shape index (κ3) is 8.79. The van der Waals surface area contributed by atoms with Crippen LogP contribution in [0.3, 0.4) is 0 Å². The second-order valence-electron chi connectivity index (χ2n) is 7.01. The van der Waals surface area contributed by atoms with Gasteiger partial charge in [-0.1, -0.05) is 54.8 Å². The minimum absolute atomic E-state index is 0.0549. The summed E-state index contributed by atoms with van der Waals surface area (Å²) < 4.78 is 0. The molecule has 0 radical (unpaired) electrons. The van der Waals surface area contributed by atoms with E-state index < -0.39 is 5.97 Å². The van der Waals surface area contributed by atoms with E-state index in [-0.39, 0.29) is 16.7 Å². The maximum Gasteiger partial charge on any atom is 0.347 e. The van der Waals surface area contributed by atoms with E-state index >= 15 is 0 Å². The Balaban J connectivity index is 0.000000214. The molecule has 0 spiro atoms. The molecule has 1 aliphatic carbocycles. The number of hydrogen-bond acceptors (Lipinski definition) is 6. The molecule has 3 N–H and O–H groups in total. The molecule has 0 atom stereocenters. The van der Waals surface area contributed by atoms with Crippen LogP contribution in [0.25, 0.3) is 0 Å². The number of carbonyl (C=O) groups excluding carboxylic acids is 1. The fourth-order valence-corrected chi connectivity index (χ4v) is 3.37. The third-order valence-electron chi connectivity index (χ3n) is 4.31. The molecule has 0 bridgehead atoms. The maximum absolute atomic E-state index is 11.4. The van der Waals surface area contributed by atoms with E-state index in [1.165, 1.54) is 18.4 Å². The van der Waals surface area contributed by atoms with Crippen molar-refractivity contribution in [3.63, 3.8) is 0 Å². The van der Waals surface area contributed by atoms with Crippen molar-refractivity contribution in [1.29, 1.82) is 0 Å². The molecule has 0 aliphatic heterocycles. The van der Waals surface area contributed by atoms with Crippen LogP contribution in [0.5, 0.6) is 0 Å². The molecule has 1 amide bonds. The van der Waals surface area contributed by atoms with Crippen LogP contribution >= 0.6 is 22.9 Å². The molecule has 164 valence electrons. The van der Waals surface area contributed by atoms with Crippen LogP contribution in [-0.2, 0) is 16.2 Å². The molecule has 1 heterocycles. The summed E-state index contributed by atoms with van der Waals surface area (Å²) in [5, 5.41) is 12.6. The highest BCUT2D eigenvalue weighted by Crippen LogP contribution is 2.31. The van der Waals surface area contributed by atoms with Gasteiger partial charge in [-0.3, -0.25) is 4.79 Å². The lowest BCUT2D eigenvalue weighted by molar-refractivity contribution is -0.117. The Hall–Kier alpha value is -2.00. The lowest BCUT2D eigenvalue weighted by Gasteiger charge is -2.05. The van der Waals surface area contributed by atoms with Gasteiger partial charge < -0.3 is 15.3 Å². The van der Waals surface area contributed by atoms with E-state index in [0.29, 0.717) is 10.8 Å². The van der Waals surface area contributed by atoms with Crippen molar-refractivity contribution in [1.82, 2.24) is 10.5 Å². The third-order valence-corrected chi connectivity index (χ3v) is 5.62. The van der Waals surface area contributed by atoms with Gasteiger partial charge in [0.1, 0.15) is 4.88 Å². The van der Waals surface area contributed by atoms with E-state index in [2.05, 4.69) is 22.7 Å². The van der Waals surface area contributed by atoms with Gasteiger partial charge in [0.25, 0.3) is 0 Å². The monoisotopic (exact) mass is 453 g/mol. The number of aromatic nitrogens is 1. The summed E-state index contributed by atoms with van der Waals surface area (Å²) in [5.74, 6) is -0.958. The summed E-state index contributed by atoms with van der Waals surface area (Å²) in [6, 6.07) is 7.75. The Morgan fingerprint density at radius 2 is 1.97 bits per heavy atom. The molecule has 1 aromatic carbocycles. The van der Waals surface area contributed by atoms with E-state index in [0.717, 1.165) is 48.8 Å². The summed E-state index contributed by atoms with van der Waals surface area (Å²) in [5.41, 5.74) is 4.56. The normalized spacial score (nSPS) is 12.8. The van der Waals surface area contributed by atoms with E-state index in [1.54, 1.807) is 6.92 Å². The molecule has 30 heavy (non-hydrogen) atoms. The zero-order valence-electron chi connectivity index (χ0n) is 17.2. The van der Waals surface area contributed by atoms with Crippen LogP contribution < -0.4 is 10.8 Å². The molecule has 0 unspecified atom stereocenters. The molecule has 9 heteroatoms. The Bertz CT molecular complexity index is 822. The van der Waals surface area contributed by atoms with Gasteiger partial charge in [-0.2, -0.15) is 5.48 Å². The van der Waals surface area contributed by atoms with Gasteiger partial charge in [-0.15, -0.1) is 0 Å². The predicted octanol–water partition coefficient (Wildman–Crippen LogP) is 5.05. The number of halogens is 1. The highest BCUT2D eigenvalue weighted by Gasteiger charge is 2.30. The number of thiazole rings is 1. The number of benzene rings is 1. The number of aromatic carboxylic acids is 1. The number of nitrogens with zero attached hydrogens (tertiary/aromatic N) is 1. The zero-order valence-corrected chi connectivity index (χ0v) is 18.8. The quantitative estimate of drug-likeness (QED) is 0.344. The Labute approximate surface area is 185 Å². The van der Waals surface area contributed by atoms with Crippen molar-refractivity contribution in [2.75, 3.05) is 11.9 Å². The summed E-state index contributed by atoms with van der Waals surface area (Å²) in [7, 11) is 0. The molecular formula is C21H28ClN3O4S. The number of nitrogens with one attached hydrogen (secondary N) is 2. The molecule has 3 rings (SSSR count). The van der Waals surface area contributed by atoms with Crippen molar-refractivity contribution in [3.05, 3.63) is 45.4 Å². The van der Waals surface area contributed by atoms with Gasteiger partial charge in [0, 0.05) is 17.5 Å². The number of unbranched alkanes of at least 4 members (excludes halogenated alkanes) is 2. The molecule has 2 aromatic rings. The number of carbonyl (C=O) groups is 2. The Kier molecular flexibility index (Phi) is 10.2. The van der Waals surface area contributed by atoms with Gasteiger partial charge in [0.2, 0.25) is 5.91 Å². The Morgan fingerprint density at radius 1 is 1.27 bits per heavy atom. The molecule has 1 aliphatic rings. The number of carboxylic acid groups (broad SMARTS) is 1. The van der Waals surface area contributed by atoms with Gasteiger partial charge >= 0.3 is 5.97 Å². The summed E-state index contributed by atoms with van der Waals surface area (Å²) in [4.78, 5) is 31.6. The van der Waals surface area contributed by atoms with Crippen molar-refractivity contribution < 1.29 is 19.5 Å². The second-order valence-corrected chi connectivity index (χ2v) is 8.44. The fraction of sp³-hybridized carbons (Fsp3) is 0.476. The SMILES string of the molecule is CCCCCONCc1ccc(Cl)cc1.Cc1nc(NC(=O)C2CC2)sc1C(=O)O. The molecular weight excluding hydrogens is 426 g/mol. The van der Waals surface area contributed by atoms with Crippen LogP contribution in [0.4, 0.5) is 5.13 Å². The largest absolute Gasteiger partial charge is 0.477 e. The molecule has 0 saturated heterocycles.